The van der Waals surface area contributed by atoms with Gasteiger partial charge in [-0.05, 0) is 55.0 Å². The normalized spacial score (nSPS) is 19.6. The van der Waals surface area contributed by atoms with E-state index in [1.165, 1.54) is 16.3 Å². The summed E-state index contributed by atoms with van der Waals surface area (Å²) in [7, 11) is 1.79. The minimum atomic E-state index is -0.0465. The largest absolute Gasteiger partial charge is 0.466 e. The maximum absolute atomic E-state index is 11.9. The van der Waals surface area contributed by atoms with E-state index in [0.29, 0.717) is 12.6 Å². The minimum Gasteiger partial charge on any atom is -0.466 e. The fourth-order valence-electron chi connectivity index (χ4n) is 3.66. The Bertz CT molecular complexity index is 801. The fourth-order valence-corrected chi connectivity index (χ4v) is 3.66. The highest BCUT2D eigenvalue weighted by Gasteiger charge is 2.27. The molecule has 1 fully saturated rings. The van der Waals surface area contributed by atoms with Crippen molar-refractivity contribution >= 4 is 46.7 Å². The third-order valence-electron chi connectivity index (χ3n) is 5.19. The number of guanidine groups is 1. The highest BCUT2D eigenvalue weighted by Crippen LogP contribution is 2.25. The third-order valence-corrected chi connectivity index (χ3v) is 5.19. The van der Waals surface area contributed by atoms with Gasteiger partial charge in [0.05, 0.1) is 12.5 Å². The zero-order valence-corrected chi connectivity index (χ0v) is 18.9. The molecule has 1 aliphatic carbocycles. The molecular weight excluding hydrogens is 465 g/mol. The first-order chi connectivity index (χ1) is 13.2. The van der Waals surface area contributed by atoms with Crippen molar-refractivity contribution in [3.63, 3.8) is 0 Å². The number of fused-ring (bicyclic) bond motifs is 1. The molecule has 0 bridgehead atoms. The Morgan fingerprint density at radius 2 is 1.82 bits per heavy atom. The van der Waals surface area contributed by atoms with E-state index in [0.717, 1.165) is 38.2 Å². The van der Waals surface area contributed by atoms with Gasteiger partial charge < -0.3 is 15.4 Å². The van der Waals surface area contributed by atoms with Gasteiger partial charge in [-0.15, -0.1) is 24.0 Å². The highest BCUT2D eigenvalue weighted by molar-refractivity contribution is 14.0. The number of carbonyl (C=O) groups excluding carboxylic acids is 1. The number of hydrogen-bond donors (Lipinski definition) is 2. The van der Waals surface area contributed by atoms with Crippen LogP contribution in [0.1, 0.15) is 38.2 Å². The van der Waals surface area contributed by atoms with Gasteiger partial charge >= 0.3 is 5.97 Å². The predicted octanol–water partition coefficient (Wildman–Crippen LogP) is 4.24. The van der Waals surface area contributed by atoms with E-state index in [-0.39, 0.29) is 35.9 Å². The molecule has 0 unspecified atom stereocenters. The Hall–Kier alpha value is -1.83. The number of aliphatic imine (C=N–C) groups is 1. The molecule has 28 heavy (non-hydrogen) atoms. The number of carbonyl (C=O) groups is 1. The average molecular weight is 495 g/mol. The Morgan fingerprint density at radius 3 is 2.50 bits per heavy atom. The van der Waals surface area contributed by atoms with Crippen molar-refractivity contribution in [1.29, 1.82) is 0 Å². The van der Waals surface area contributed by atoms with Crippen LogP contribution >= 0.6 is 24.0 Å². The molecule has 2 aromatic rings. The SMILES string of the molecule is CCOC(=O)C1CCC(NC(=NC)NCc2ccc3ccccc3c2)CC1.I. The van der Waals surface area contributed by atoms with Gasteiger partial charge in [-0.3, -0.25) is 9.79 Å². The zero-order chi connectivity index (χ0) is 19.1. The molecule has 0 radical (unpaired) electrons. The van der Waals surface area contributed by atoms with Gasteiger partial charge in [0.25, 0.3) is 0 Å². The van der Waals surface area contributed by atoms with E-state index in [1.807, 2.05) is 6.92 Å². The van der Waals surface area contributed by atoms with Gasteiger partial charge in [0.1, 0.15) is 0 Å². The third kappa shape index (κ3) is 6.09. The highest BCUT2D eigenvalue weighted by atomic mass is 127. The van der Waals surface area contributed by atoms with Crippen molar-refractivity contribution in [2.45, 2.75) is 45.2 Å². The molecule has 0 saturated heterocycles. The zero-order valence-electron chi connectivity index (χ0n) is 16.6. The quantitative estimate of drug-likeness (QED) is 0.282. The van der Waals surface area contributed by atoms with Crippen molar-refractivity contribution in [1.82, 2.24) is 10.6 Å². The monoisotopic (exact) mass is 495 g/mol. The van der Waals surface area contributed by atoms with Crippen molar-refractivity contribution in [2.24, 2.45) is 10.9 Å². The van der Waals surface area contributed by atoms with Crippen LogP contribution in [-0.4, -0.2) is 31.6 Å². The van der Waals surface area contributed by atoms with Crippen molar-refractivity contribution in [3.05, 3.63) is 48.0 Å². The maximum Gasteiger partial charge on any atom is 0.308 e. The van der Waals surface area contributed by atoms with Crippen LogP contribution in [0, 0.1) is 5.92 Å². The summed E-state index contributed by atoms with van der Waals surface area (Å²) in [5.41, 5.74) is 1.22. The Labute approximate surface area is 184 Å². The number of nitrogens with zero attached hydrogens (tertiary/aromatic N) is 1. The van der Waals surface area contributed by atoms with Crippen LogP contribution in [0.5, 0.6) is 0 Å². The van der Waals surface area contributed by atoms with Crippen LogP contribution in [-0.2, 0) is 16.1 Å². The molecule has 6 heteroatoms. The second kappa shape index (κ2) is 11.2. The lowest BCUT2D eigenvalue weighted by Gasteiger charge is -2.29. The lowest BCUT2D eigenvalue weighted by Crippen LogP contribution is -2.45. The van der Waals surface area contributed by atoms with E-state index >= 15 is 0 Å². The van der Waals surface area contributed by atoms with Crippen LogP contribution in [0.25, 0.3) is 10.8 Å². The topological polar surface area (TPSA) is 62.7 Å². The second-order valence-corrected chi connectivity index (χ2v) is 7.05. The molecule has 0 aromatic heterocycles. The van der Waals surface area contributed by atoms with Gasteiger partial charge in [0.15, 0.2) is 5.96 Å². The smallest absolute Gasteiger partial charge is 0.308 e. The molecule has 3 rings (SSSR count). The van der Waals surface area contributed by atoms with Gasteiger partial charge in [-0.25, -0.2) is 0 Å². The van der Waals surface area contributed by atoms with E-state index in [4.69, 9.17) is 4.74 Å². The Balaban J connectivity index is 0.00000280. The number of hydrogen-bond acceptors (Lipinski definition) is 3. The lowest BCUT2D eigenvalue weighted by atomic mass is 9.86. The first-order valence-electron chi connectivity index (χ1n) is 9.81. The number of ether oxygens (including phenoxy) is 1. The minimum absolute atomic E-state index is 0. The molecule has 0 spiro atoms. The summed E-state index contributed by atoms with van der Waals surface area (Å²) < 4.78 is 5.14. The predicted molar refractivity (Wildman–Crippen MR) is 125 cm³/mol. The average Bonchev–Trinajstić information content (AvgIpc) is 2.71. The summed E-state index contributed by atoms with van der Waals surface area (Å²) in [6.07, 6.45) is 3.66. The van der Waals surface area contributed by atoms with Gasteiger partial charge in [0.2, 0.25) is 0 Å². The summed E-state index contributed by atoms with van der Waals surface area (Å²) in [5.74, 6) is 0.813. The summed E-state index contributed by atoms with van der Waals surface area (Å²) in [5, 5.41) is 9.39. The summed E-state index contributed by atoms with van der Waals surface area (Å²) in [4.78, 5) is 16.2. The van der Waals surface area contributed by atoms with Crippen LogP contribution in [0.2, 0.25) is 0 Å². The van der Waals surface area contributed by atoms with E-state index in [9.17, 15) is 4.79 Å². The van der Waals surface area contributed by atoms with Crippen LogP contribution < -0.4 is 10.6 Å². The number of benzene rings is 2. The molecule has 0 aliphatic heterocycles. The van der Waals surface area contributed by atoms with Crippen molar-refractivity contribution < 1.29 is 9.53 Å². The number of rotatable bonds is 5. The molecule has 2 N–H and O–H groups in total. The molecule has 5 nitrogen and oxygen atoms in total. The molecule has 1 aliphatic rings. The summed E-state index contributed by atoms with van der Waals surface area (Å²) >= 11 is 0. The second-order valence-electron chi connectivity index (χ2n) is 7.05. The van der Waals surface area contributed by atoms with Crippen LogP contribution in [0.15, 0.2) is 47.5 Å². The van der Waals surface area contributed by atoms with Crippen molar-refractivity contribution in [3.8, 4) is 0 Å². The molecule has 0 heterocycles. The molecular formula is C22H30IN3O2. The number of esters is 1. The Kier molecular flexibility index (Phi) is 9.02. The first kappa shape index (κ1) is 22.5. The number of nitrogens with one attached hydrogen (secondary N) is 2. The van der Waals surface area contributed by atoms with Crippen molar-refractivity contribution in [2.75, 3.05) is 13.7 Å². The molecule has 2 aromatic carbocycles. The molecule has 152 valence electrons. The van der Waals surface area contributed by atoms with E-state index in [2.05, 4.69) is 58.1 Å². The van der Waals surface area contributed by atoms with Crippen LogP contribution in [0.4, 0.5) is 0 Å². The lowest BCUT2D eigenvalue weighted by molar-refractivity contribution is -0.149. The van der Waals surface area contributed by atoms with Gasteiger partial charge in [0, 0.05) is 19.6 Å². The van der Waals surface area contributed by atoms with E-state index in [1.54, 1.807) is 7.05 Å². The van der Waals surface area contributed by atoms with Gasteiger partial charge in [-0.2, -0.15) is 0 Å². The molecule has 1 saturated carbocycles. The molecule has 0 amide bonds. The van der Waals surface area contributed by atoms with Gasteiger partial charge in [-0.1, -0.05) is 36.4 Å². The standard InChI is InChI=1S/C22H29N3O2.HI/c1-3-27-21(26)18-10-12-20(13-11-18)25-22(23-2)24-15-16-8-9-17-6-4-5-7-19(17)14-16;/h4-9,14,18,20H,3,10-13,15H2,1-2H3,(H2,23,24,25);1H. The first-order valence-corrected chi connectivity index (χ1v) is 9.81. The Morgan fingerprint density at radius 1 is 1.11 bits per heavy atom. The maximum atomic E-state index is 11.9. The fraction of sp³-hybridized carbons (Fsp3) is 0.455. The molecule has 0 atom stereocenters. The summed E-state index contributed by atoms with van der Waals surface area (Å²) in [6, 6.07) is 15.2. The van der Waals surface area contributed by atoms with Crippen LogP contribution in [0.3, 0.4) is 0 Å². The number of halogens is 1. The van der Waals surface area contributed by atoms with E-state index < -0.39 is 0 Å². The summed E-state index contributed by atoms with van der Waals surface area (Å²) in [6.45, 7) is 3.04.